The molecule has 4 rings (SSSR count). The molecule has 10 heteroatoms. The van der Waals surface area contributed by atoms with Gasteiger partial charge < -0.3 is 21.3 Å². The number of hydrogen-bond donors (Lipinski definition) is 3. The SMILES string of the molecule is N#Cc1cnc(Nc2cc(NC3CCC(N)C3)c(C(=O)N3CCCC3)nn2)cn1. The van der Waals surface area contributed by atoms with Crippen molar-refractivity contribution in [2.24, 2.45) is 5.73 Å². The largest absolute Gasteiger partial charge is 0.380 e. The van der Waals surface area contributed by atoms with Crippen LogP contribution >= 0.6 is 0 Å². The van der Waals surface area contributed by atoms with Gasteiger partial charge in [-0.05, 0) is 32.1 Å². The van der Waals surface area contributed by atoms with Crippen molar-refractivity contribution in [2.45, 2.75) is 44.2 Å². The molecular formula is C19H23N9O. The van der Waals surface area contributed by atoms with Gasteiger partial charge in [-0.25, -0.2) is 9.97 Å². The van der Waals surface area contributed by atoms with E-state index >= 15 is 0 Å². The predicted molar refractivity (Wildman–Crippen MR) is 106 cm³/mol. The summed E-state index contributed by atoms with van der Waals surface area (Å²) in [6, 6.07) is 4.06. The van der Waals surface area contributed by atoms with Crippen molar-refractivity contribution in [3.63, 3.8) is 0 Å². The molecule has 2 fully saturated rings. The van der Waals surface area contributed by atoms with Crippen LogP contribution in [-0.2, 0) is 0 Å². The summed E-state index contributed by atoms with van der Waals surface area (Å²) in [6.07, 6.45) is 7.60. The van der Waals surface area contributed by atoms with Gasteiger partial charge in [-0.15, -0.1) is 10.2 Å². The molecule has 2 atom stereocenters. The van der Waals surface area contributed by atoms with Crippen LogP contribution in [0.3, 0.4) is 0 Å². The molecule has 1 aliphatic heterocycles. The fraction of sp³-hybridized carbons (Fsp3) is 0.474. The maximum Gasteiger partial charge on any atom is 0.276 e. The summed E-state index contributed by atoms with van der Waals surface area (Å²) in [6.45, 7) is 1.49. The third kappa shape index (κ3) is 4.41. The van der Waals surface area contributed by atoms with E-state index < -0.39 is 0 Å². The first-order chi connectivity index (χ1) is 14.1. The van der Waals surface area contributed by atoms with Gasteiger partial charge in [-0.3, -0.25) is 4.79 Å². The van der Waals surface area contributed by atoms with E-state index in [0.717, 1.165) is 45.2 Å². The van der Waals surface area contributed by atoms with Crippen LogP contribution in [0.1, 0.15) is 48.3 Å². The Labute approximate surface area is 168 Å². The van der Waals surface area contributed by atoms with Gasteiger partial charge >= 0.3 is 0 Å². The highest BCUT2D eigenvalue weighted by Crippen LogP contribution is 2.26. The van der Waals surface area contributed by atoms with Crippen LogP contribution < -0.4 is 16.4 Å². The number of rotatable bonds is 5. The number of nitriles is 1. The number of nitrogens with zero attached hydrogens (tertiary/aromatic N) is 6. The molecule has 2 unspecified atom stereocenters. The van der Waals surface area contributed by atoms with Gasteiger partial charge in [0, 0.05) is 31.2 Å². The van der Waals surface area contributed by atoms with E-state index in [1.54, 1.807) is 6.07 Å². The molecule has 0 bridgehead atoms. The zero-order chi connectivity index (χ0) is 20.2. The van der Waals surface area contributed by atoms with E-state index in [1.165, 1.54) is 12.4 Å². The molecule has 4 N–H and O–H groups in total. The minimum Gasteiger partial charge on any atom is -0.380 e. The van der Waals surface area contributed by atoms with Crippen LogP contribution in [0.15, 0.2) is 18.5 Å². The van der Waals surface area contributed by atoms with Gasteiger partial charge in [0.1, 0.15) is 11.9 Å². The second kappa shape index (κ2) is 8.36. The number of hydrogen-bond acceptors (Lipinski definition) is 9. The van der Waals surface area contributed by atoms with Crippen LogP contribution in [0, 0.1) is 11.3 Å². The number of nitrogens with two attached hydrogens (primary N) is 1. The van der Waals surface area contributed by atoms with Gasteiger partial charge in [0.2, 0.25) is 0 Å². The molecule has 2 aromatic heterocycles. The van der Waals surface area contributed by atoms with Crippen molar-refractivity contribution < 1.29 is 4.79 Å². The van der Waals surface area contributed by atoms with Crippen LogP contribution in [0.5, 0.6) is 0 Å². The molecule has 1 aliphatic carbocycles. The molecule has 0 aromatic carbocycles. The van der Waals surface area contributed by atoms with Gasteiger partial charge in [-0.1, -0.05) is 0 Å². The Balaban J connectivity index is 1.58. The minimum atomic E-state index is -0.107. The lowest BCUT2D eigenvalue weighted by Crippen LogP contribution is -2.30. The monoisotopic (exact) mass is 393 g/mol. The summed E-state index contributed by atoms with van der Waals surface area (Å²) < 4.78 is 0. The normalized spacial score (nSPS) is 21.0. The Morgan fingerprint density at radius 2 is 2.00 bits per heavy atom. The lowest BCUT2D eigenvalue weighted by atomic mass is 10.2. The van der Waals surface area contributed by atoms with Crippen molar-refractivity contribution >= 4 is 23.2 Å². The van der Waals surface area contributed by atoms with Gasteiger partial charge in [-0.2, -0.15) is 5.26 Å². The number of aromatic nitrogens is 4. The Hall–Kier alpha value is -3.32. The summed E-state index contributed by atoms with van der Waals surface area (Å²) in [4.78, 5) is 22.9. The van der Waals surface area contributed by atoms with Gasteiger partial charge in [0.05, 0.1) is 18.1 Å². The molecule has 0 spiro atoms. The molecule has 29 heavy (non-hydrogen) atoms. The third-order valence-corrected chi connectivity index (χ3v) is 5.25. The Bertz CT molecular complexity index is 918. The van der Waals surface area contributed by atoms with Crippen molar-refractivity contribution in [3.8, 4) is 6.07 Å². The minimum absolute atomic E-state index is 0.107. The number of amides is 1. The van der Waals surface area contributed by atoms with E-state index in [0.29, 0.717) is 23.0 Å². The predicted octanol–water partition coefficient (Wildman–Crippen LogP) is 1.41. The summed E-state index contributed by atoms with van der Waals surface area (Å²) in [5.74, 6) is 0.766. The summed E-state index contributed by atoms with van der Waals surface area (Å²) in [7, 11) is 0. The molecule has 1 amide bonds. The van der Waals surface area contributed by atoms with Crippen molar-refractivity contribution in [3.05, 3.63) is 29.8 Å². The Morgan fingerprint density at radius 3 is 2.66 bits per heavy atom. The summed E-state index contributed by atoms with van der Waals surface area (Å²) in [5.41, 5.74) is 7.23. The van der Waals surface area contributed by atoms with E-state index in [4.69, 9.17) is 11.0 Å². The van der Waals surface area contributed by atoms with E-state index in [9.17, 15) is 4.79 Å². The molecule has 0 radical (unpaired) electrons. The zero-order valence-electron chi connectivity index (χ0n) is 16.0. The fourth-order valence-electron chi connectivity index (χ4n) is 3.74. The first kappa shape index (κ1) is 19.0. The van der Waals surface area contributed by atoms with E-state index in [2.05, 4.69) is 30.8 Å². The number of carbonyl (C=O) groups excluding carboxylic acids is 1. The molecule has 150 valence electrons. The maximum absolute atomic E-state index is 12.9. The molecule has 10 nitrogen and oxygen atoms in total. The highest BCUT2D eigenvalue weighted by Gasteiger charge is 2.27. The van der Waals surface area contributed by atoms with E-state index in [-0.39, 0.29) is 23.7 Å². The van der Waals surface area contributed by atoms with Gasteiger partial charge in [0.15, 0.2) is 17.2 Å². The van der Waals surface area contributed by atoms with Crippen molar-refractivity contribution in [2.75, 3.05) is 23.7 Å². The highest BCUT2D eigenvalue weighted by atomic mass is 16.2. The number of carbonyl (C=O) groups is 1. The molecule has 2 aromatic rings. The second-order valence-corrected chi connectivity index (χ2v) is 7.43. The Morgan fingerprint density at radius 1 is 1.17 bits per heavy atom. The lowest BCUT2D eigenvalue weighted by Gasteiger charge is -2.20. The topological polar surface area (TPSA) is 146 Å². The fourth-order valence-corrected chi connectivity index (χ4v) is 3.74. The number of anilines is 3. The smallest absolute Gasteiger partial charge is 0.276 e. The van der Waals surface area contributed by atoms with E-state index in [1.807, 2.05) is 11.0 Å². The van der Waals surface area contributed by atoms with Crippen LogP contribution in [0.25, 0.3) is 0 Å². The zero-order valence-corrected chi connectivity index (χ0v) is 16.0. The Kier molecular flexibility index (Phi) is 5.48. The molecule has 1 saturated carbocycles. The maximum atomic E-state index is 12.9. The third-order valence-electron chi connectivity index (χ3n) is 5.25. The summed E-state index contributed by atoms with van der Waals surface area (Å²) in [5, 5.41) is 23.7. The first-order valence-corrected chi connectivity index (χ1v) is 9.80. The average molecular weight is 393 g/mol. The van der Waals surface area contributed by atoms with Crippen molar-refractivity contribution in [1.82, 2.24) is 25.1 Å². The molecule has 3 heterocycles. The van der Waals surface area contributed by atoms with Crippen molar-refractivity contribution in [1.29, 1.82) is 5.26 Å². The van der Waals surface area contributed by atoms with Crippen LogP contribution in [0.4, 0.5) is 17.3 Å². The van der Waals surface area contributed by atoms with Gasteiger partial charge in [0.25, 0.3) is 5.91 Å². The lowest BCUT2D eigenvalue weighted by molar-refractivity contribution is 0.0787. The highest BCUT2D eigenvalue weighted by molar-refractivity contribution is 5.98. The molecule has 1 saturated heterocycles. The number of likely N-dealkylation sites (tertiary alicyclic amines) is 1. The molecule has 2 aliphatic rings. The van der Waals surface area contributed by atoms with Crippen LogP contribution in [0.2, 0.25) is 0 Å². The second-order valence-electron chi connectivity index (χ2n) is 7.43. The average Bonchev–Trinajstić information content (AvgIpc) is 3.40. The number of nitrogens with one attached hydrogen (secondary N) is 2. The summed E-state index contributed by atoms with van der Waals surface area (Å²) >= 11 is 0. The quantitative estimate of drug-likeness (QED) is 0.686. The molecular weight excluding hydrogens is 370 g/mol. The first-order valence-electron chi connectivity index (χ1n) is 9.80. The standard InChI is InChI=1S/C19H23N9O/c20-9-14-10-23-17(11-22-14)25-16-8-15(24-13-4-3-12(21)7-13)18(27-26-16)19(29)28-5-1-2-6-28/h8,10-13H,1-7,21H2,(H2,23,24,25,26). The van der Waals surface area contributed by atoms with Crippen LogP contribution in [-0.4, -0.2) is 56.1 Å².